The molecule has 0 saturated heterocycles. The molecule has 0 aromatic carbocycles. The molecule has 0 unspecified atom stereocenters. The molecule has 0 aliphatic heterocycles. The van der Waals surface area contributed by atoms with Crippen LogP contribution in [-0.2, 0) is 30.4 Å². The zero-order valence-electron chi connectivity index (χ0n) is 14.5. The van der Waals surface area contributed by atoms with E-state index < -0.39 is 11.9 Å². The van der Waals surface area contributed by atoms with Gasteiger partial charge in [0.25, 0.3) is 0 Å². The Morgan fingerprint density at radius 1 is 1.16 bits per heavy atom. The molecule has 1 heterocycles. The predicted octanol–water partition coefficient (Wildman–Crippen LogP) is 3.87. The van der Waals surface area contributed by atoms with Crippen molar-refractivity contribution in [3.05, 3.63) is 17.0 Å². The zero-order valence-corrected chi connectivity index (χ0v) is 14.5. The van der Waals surface area contributed by atoms with Crippen molar-refractivity contribution in [1.29, 1.82) is 0 Å². The van der Waals surface area contributed by atoms with E-state index in [1.165, 1.54) is 30.4 Å². The van der Waals surface area contributed by atoms with E-state index in [-0.39, 0.29) is 5.91 Å². The molecule has 3 rings (SSSR count). The minimum Gasteiger partial charge on any atom is -0.354 e. The largest absolute Gasteiger partial charge is 0.435 e. The van der Waals surface area contributed by atoms with E-state index in [0.717, 1.165) is 19.3 Å². The Morgan fingerprint density at radius 3 is 2.60 bits per heavy atom. The molecular weight excluding hydrogens is 331 g/mol. The summed E-state index contributed by atoms with van der Waals surface area (Å²) in [6, 6.07) is 0. The summed E-state index contributed by atoms with van der Waals surface area (Å²) >= 11 is 0. The first-order valence-corrected chi connectivity index (χ1v) is 9.37. The lowest BCUT2D eigenvalue weighted by atomic mass is 9.95. The summed E-state index contributed by atoms with van der Waals surface area (Å²) in [6.07, 6.45) is 4.72. The topological polar surface area (TPSA) is 46.9 Å². The molecule has 0 spiro atoms. The summed E-state index contributed by atoms with van der Waals surface area (Å²) in [7, 11) is 0. The number of aromatic nitrogens is 2. The molecule has 25 heavy (non-hydrogen) atoms. The van der Waals surface area contributed by atoms with Gasteiger partial charge in [-0.3, -0.25) is 9.48 Å². The van der Waals surface area contributed by atoms with Crippen LogP contribution in [0.5, 0.6) is 0 Å². The van der Waals surface area contributed by atoms with E-state index in [1.807, 2.05) is 0 Å². The van der Waals surface area contributed by atoms with Crippen LogP contribution in [0, 0.1) is 5.92 Å². The number of amides is 1. The van der Waals surface area contributed by atoms with Crippen molar-refractivity contribution in [1.82, 2.24) is 15.1 Å². The van der Waals surface area contributed by atoms with Crippen molar-refractivity contribution in [2.45, 2.75) is 76.9 Å². The molecule has 2 aliphatic carbocycles. The van der Waals surface area contributed by atoms with E-state index in [9.17, 15) is 18.0 Å². The number of rotatable bonds is 6. The standard InChI is InChI=1S/C18H26F3N3O/c19-18(20,21)17-14-7-3-4-8-15(14)24(23-17)12-11-22-16(25)10-9-13-5-1-2-6-13/h13H,1-12H2,(H,22,25). The molecule has 1 saturated carbocycles. The van der Waals surface area contributed by atoms with Crippen LogP contribution in [0.25, 0.3) is 0 Å². The highest BCUT2D eigenvalue weighted by molar-refractivity contribution is 5.75. The van der Waals surface area contributed by atoms with Crippen molar-refractivity contribution >= 4 is 5.91 Å². The van der Waals surface area contributed by atoms with E-state index in [1.54, 1.807) is 0 Å². The average Bonchev–Trinajstić information content (AvgIpc) is 3.20. The predicted molar refractivity (Wildman–Crippen MR) is 88.1 cm³/mol. The minimum absolute atomic E-state index is 0.0102. The molecule has 140 valence electrons. The van der Waals surface area contributed by atoms with Crippen LogP contribution in [0.15, 0.2) is 0 Å². The molecule has 1 aromatic heterocycles. The van der Waals surface area contributed by atoms with Gasteiger partial charge >= 0.3 is 6.18 Å². The quantitative estimate of drug-likeness (QED) is 0.840. The first kappa shape index (κ1) is 18.3. The number of hydrogen-bond donors (Lipinski definition) is 1. The maximum Gasteiger partial charge on any atom is 0.435 e. The number of nitrogens with one attached hydrogen (secondary N) is 1. The second-order valence-corrected chi connectivity index (χ2v) is 7.24. The Morgan fingerprint density at radius 2 is 1.88 bits per heavy atom. The Balaban J connectivity index is 1.52. The van der Waals surface area contributed by atoms with Crippen LogP contribution in [0.1, 0.15) is 68.3 Å². The highest BCUT2D eigenvalue weighted by Crippen LogP contribution is 2.35. The van der Waals surface area contributed by atoms with Gasteiger partial charge in [-0.1, -0.05) is 25.7 Å². The highest BCUT2D eigenvalue weighted by atomic mass is 19.4. The van der Waals surface area contributed by atoms with Gasteiger partial charge in [0.2, 0.25) is 5.91 Å². The molecule has 0 radical (unpaired) electrons. The molecule has 2 aliphatic rings. The number of hydrogen-bond acceptors (Lipinski definition) is 2. The number of halogens is 3. The first-order chi connectivity index (χ1) is 11.9. The third-order valence-corrected chi connectivity index (χ3v) is 5.43. The Hall–Kier alpha value is -1.53. The average molecular weight is 357 g/mol. The van der Waals surface area contributed by atoms with Crippen molar-refractivity contribution < 1.29 is 18.0 Å². The fraction of sp³-hybridized carbons (Fsp3) is 0.778. The Bertz CT molecular complexity index is 603. The van der Waals surface area contributed by atoms with E-state index in [0.29, 0.717) is 49.5 Å². The fourth-order valence-electron chi connectivity index (χ4n) is 4.11. The molecule has 1 amide bonds. The molecule has 0 atom stereocenters. The number of nitrogens with zero attached hydrogens (tertiary/aromatic N) is 2. The van der Waals surface area contributed by atoms with Gasteiger partial charge in [-0.15, -0.1) is 0 Å². The number of alkyl halides is 3. The highest BCUT2D eigenvalue weighted by Gasteiger charge is 2.39. The molecule has 0 bridgehead atoms. The maximum absolute atomic E-state index is 13.1. The lowest BCUT2D eigenvalue weighted by molar-refractivity contribution is -0.142. The van der Waals surface area contributed by atoms with Crippen molar-refractivity contribution in [2.75, 3.05) is 6.54 Å². The number of fused-ring (bicyclic) bond motifs is 1. The van der Waals surface area contributed by atoms with E-state index in [4.69, 9.17) is 0 Å². The van der Waals surface area contributed by atoms with E-state index in [2.05, 4.69) is 10.4 Å². The maximum atomic E-state index is 13.1. The normalized spacial score (nSPS) is 18.4. The van der Waals surface area contributed by atoms with Crippen LogP contribution >= 0.6 is 0 Å². The summed E-state index contributed by atoms with van der Waals surface area (Å²) in [5.41, 5.74) is 0.305. The molecule has 1 aromatic rings. The van der Waals surface area contributed by atoms with Gasteiger partial charge in [0, 0.05) is 24.2 Å². The van der Waals surface area contributed by atoms with Crippen molar-refractivity contribution in [2.24, 2.45) is 5.92 Å². The van der Waals surface area contributed by atoms with Crippen LogP contribution < -0.4 is 5.32 Å². The summed E-state index contributed by atoms with van der Waals surface area (Å²) in [5.74, 6) is 0.655. The lowest BCUT2D eigenvalue weighted by Crippen LogP contribution is -2.28. The summed E-state index contributed by atoms with van der Waals surface area (Å²) in [6.45, 7) is 0.627. The second kappa shape index (κ2) is 7.79. The fourth-order valence-corrected chi connectivity index (χ4v) is 4.11. The number of carbonyl (C=O) groups excluding carboxylic acids is 1. The minimum atomic E-state index is -4.41. The summed E-state index contributed by atoms with van der Waals surface area (Å²) in [4.78, 5) is 11.9. The van der Waals surface area contributed by atoms with Crippen LogP contribution in [0.2, 0.25) is 0 Å². The van der Waals surface area contributed by atoms with Gasteiger partial charge in [-0.2, -0.15) is 18.3 Å². The molecule has 7 heteroatoms. The lowest BCUT2D eigenvalue weighted by Gasteiger charge is -2.15. The van der Waals surface area contributed by atoms with Crippen molar-refractivity contribution in [3.63, 3.8) is 0 Å². The Labute approximate surface area is 146 Å². The third kappa shape index (κ3) is 4.55. The number of carbonyl (C=O) groups is 1. The van der Waals surface area contributed by atoms with Crippen LogP contribution in [-0.4, -0.2) is 22.2 Å². The van der Waals surface area contributed by atoms with Crippen LogP contribution in [0.4, 0.5) is 13.2 Å². The van der Waals surface area contributed by atoms with Gasteiger partial charge < -0.3 is 5.32 Å². The van der Waals surface area contributed by atoms with Gasteiger partial charge in [-0.25, -0.2) is 0 Å². The van der Waals surface area contributed by atoms with Gasteiger partial charge in [0.15, 0.2) is 5.69 Å². The third-order valence-electron chi connectivity index (χ3n) is 5.43. The molecule has 4 nitrogen and oxygen atoms in total. The summed E-state index contributed by atoms with van der Waals surface area (Å²) in [5, 5.41) is 6.64. The van der Waals surface area contributed by atoms with Gasteiger partial charge in [-0.05, 0) is 38.0 Å². The SMILES string of the molecule is O=C(CCC1CCCC1)NCCn1nc(C(F)(F)F)c2c1CCCC2. The Kier molecular flexibility index (Phi) is 5.69. The molecular formula is C18H26F3N3O. The summed E-state index contributed by atoms with van der Waals surface area (Å²) < 4.78 is 40.9. The monoisotopic (exact) mass is 357 g/mol. The zero-order chi connectivity index (χ0) is 17.9. The van der Waals surface area contributed by atoms with Crippen LogP contribution in [0.3, 0.4) is 0 Å². The van der Waals surface area contributed by atoms with E-state index >= 15 is 0 Å². The first-order valence-electron chi connectivity index (χ1n) is 9.37. The van der Waals surface area contributed by atoms with Gasteiger partial charge in [0.05, 0.1) is 6.54 Å². The molecule has 1 N–H and O–H groups in total. The van der Waals surface area contributed by atoms with Crippen molar-refractivity contribution in [3.8, 4) is 0 Å². The molecule has 1 fully saturated rings. The second-order valence-electron chi connectivity index (χ2n) is 7.24. The smallest absolute Gasteiger partial charge is 0.354 e. The van der Waals surface area contributed by atoms with Gasteiger partial charge in [0.1, 0.15) is 0 Å².